The van der Waals surface area contributed by atoms with Gasteiger partial charge in [-0.2, -0.15) is 0 Å². The van der Waals surface area contributed by atoms with E-state index in [0.717, 1.165) is 39.2 Å². The molecule has 0 radical (unpaired) electrons. The van der Waals surface area contributed by atoms with Crippen LogP contribution in [0.4, 0.5) is 17.1 Å². The first-order valence-corrected chi connectivity index (χ1v) is 20.6. The molecule has 2 heteroatoms. The average Bonchev–Trinajstić information content (AvgIpc) is 3.71. The zero-order valence-electron chi connectivity index (χ0n) is 32.7. The van der Waals surface area contributed by atoms with Crippen LogP contribution in [0.15, 0.2) is 229 Å². The third-order valence-corrected chi connectivity index (χ3v) is 12.2. The number of hydrogen-bond acceptors (Lipinski definition) is 2. The largest absolute Gasteiger partial charge is 0.456 e. The van der Waals surface area contributed by atoms with E-state index in [1.807, 2.05) is 6.07 Å². The Bertz CT molecular complexity index is 3580. The molecule has 0 saturated heterocycles. The van der Waals surface area contributed by atoms with Gasteiger partial charge in [-0.25, -0.2) is 0 Å². The molecule has 0 unspecified atom stereocenters. The van der Waals surface area contributed by atoms with Crippen molar-refractivity contribution in [2.24, 2.45) is 0 Å². The van der Waals surface area contributed by atoms with Crippen LogP contribution in [-0.2, 0) is 0 Å². The Morgan fingerprint density at radius 3 is 1.58 bits per heavy atom. The van der Waals surface area contributed by atoms with Crippen molar-refractivity contribution in [1.82, 2.24) is 0 Å². The second-order valence-corrected chi connectivity index (χ2v) is 15.7. The Balaban J connectivity index is 0.987. The van der Waals surface area contributed by atoms with Gasteiger partial charge in [0.15, 0.2) is 0 Å². The third kappa shape index (κ3) is 5.65. The molecule has 0 atom stereocenters. The van der Waals surface area contributed by atoms with Crippen LogP contribution in [0, 0.1) is 0 Å². The number of rotatable bonds is 6. The summed E-state index contributed by atoms with van der Waals surface area (Å²) in [4.78, 5) is 2.38. The van der Waals surface area contributed by atoms with Crippen LogP contribution in [-0.4, -0.2) is 0 Å². The number of anilines is 3. The lowest BCUT2D eigenvalue weighted by molar-refractivity contribution is 0.669. The second-order valence-electron chi connectivity index (χ2n) is 15.7. The van der Waals surface area contributed by atoms with E-state index < -0.39 is 0 Å². The average molecular weight is 764 g/mol. The van der Waals surface area contributed by atoms with E-state index in [9.17, 15) is 0 Å². The van der Waals surface area contributed by atoms with Gasteiger partial charge in [0, 0.05) is 33.2 Å². The molecule has 0 bridgehead atoms. The summed E-state index contributed by atoms with van der Waals surface area (Å²) in [6, 6.07) is 81.3. The van der Waals surface area contributed by atoms with Crippen LogP contribution in [0.25, 0.3) is 98.4 Å². The molecule has 11 aromatic carbocycles. The Hall–Kier alpha value is -7.94. The summed E-state index contributed by atoms with van der Waals surface area (Å²) in [6.45, 7) is 0. The van der Waals surface area contributed by atoms with Gasteiger partial charge in [0.05, 0.1) is 0 Å². The highest BCUT2D eigenvalue weighted by Gasteiger charge is 2.18. The first-order valence-electron chi connectivity index (χ1n) is 20.6. The SMILES string of the molecule is c1ccc(-c2ccc(-c3ccc(N(c4cccc(-c5ccc6c7ccccc7c7c(ccc8oc9ccccc9c87)c6c5)c4)c4ccc5ccccc5c4)cc3)cc2)cc1. The first-order chi connectivity index (χ1) is 29.7. The zero-order chi connectivity index (χ0) is 39.6. The van der Waals surface area contributed by atoms with E-state index >= 15 is 0 Å². The summed E-state index contributed by atoms with van der Waals surface area (Å²) >= 11 is 0. The zero-order valence-corrected chi connectivity index (χ0v) is 32.7. The summed E-state index contributed by atoms with van der Waals surface area (Å²) in [7, 11) is 0. The molecule has 0 fully saturated rings. The van der Waals surface area contributed by atoms with Crippen molar-refractivity contribution in [3.63, 3.8) is 0 Å². The summed E-state index contributed by atoms with van der Waals surface area (Å²) < 4.78 is 6.39. The topological polar surface area (TPSA) is 16.4 Å². The third-order valence-electron chi connectivity index (χ3n) is 12.2. The smallest absolute Gasteiger partial charge is 0.136 e. The van der Waals surface area contributed by atoms with Crippen LogP contribution in [0.2, 0.25) is 0 Å². The van der Waals surface area contributed by atoms with Crippen molar-refractivity contribution in [3.8, 4) is 33.4 Å². The van der Waals surface area contributed by atoms with E-state index in [1.54, 1.807) is 0 Å². The minimum Gasteiger partial charge on any atom is -0.456 e. The Morgan fingerprint density at radius 1 is 0.250 bits per heavy atom. The highest BCUT2D eigenvalue weighted by Crippen LogP contribution is 2.44. The van der Waals surface area contributed by atoms with Gasteiger partial charge >= 0.3 is 0 Å². The maximum absolute atomic E-state index is 6.39. The fourth-order valence-electron chi connectivity index (χ4n) is 9.31. The van der Waals surface area contributed by atoms with E-state index in [2.05, 4.69) is 223 Å². The first kappa shape index (κ1) is 34.1. The molecule has 0 N–H and O–H groups in total. The van der Waals surface area contributed by atoms with Gasteiger partial charge in [-0.05, 0) is 132 Å². The predicted octanol–water partition coefficient (Wildman–Crippen LogP) is 16.7. The molecular weight excluding hydrogens is 727 g/mol. The highest BCUT2D eigenvalue weighted by molar-refractivity contribution is 6.34. The molecule has 12 rings (SSSR count). The van der Waals surface area contributed by atoms with E-state index in [1.165, 1.54) is 76.3 Å². The Morgan fingerprint density at radius 2 is 0.783 bits per heavy atom. The summed E-state index contributed by atoms with van der Waals surface area (Å²) in [5.41, 5.74) is 12.3. The Labute approximate surface area is 347 Å². The molecule has 0 amide bonds. The van der Waals surface area contributed by atoms with Gasteiger partial charge in [-0.1, -0.05) is 164 Å². The number of para-hydroxylation sites is 1. The fourth-order valence-corrected chi connectivity index (χ4v) is 9.31. The van der Waals surface area contributed by atoms with Crippen LogP contribution >= 0.6 is 0 Å². The van der Waals surface area contributed by atoms with Gasteiger partial charge in [0.2, 0.25) is 0 Å². The van der Waals surface area contributed by atoms with Crippen molar-refractivity contribution in [2.75, 3.05) is 4.90 Å². The molecule has 12 aromatic rings. The molecule has 0 aliphatic rings. The quantitative estimate of drug-likeness (QED) is 0.157. The van der Waals surface area contributed by atoms with Gasteiger partial charge < -0.3 is 9.32 Å². The summed E-state index contributed by atoms with van der Waals surface area (Å²) in [5, 5.41) is 12.2. The molecule has 0 spiro atoms. The van der Waals surface area contributed by atoms with E-state index in [0.29, 0.717) is 0 Å². The molecular formula is C58H37NO. The monoisotopic (exact) mass is 763 g/mol. The second kappa shape index (κ2) is 13.9. The van der Waals surface area contributed by atoms with Crippen LogP contribution in [0.3, 0.4) is 0 Å². The van der Waals surface area contributed by atoms with Gasteiger partial charge in [-0.15, -0.1) is 0 Å². The van der Waals surface area contributed by atoms with Gasteiger partial charge in [0.25, 0.3) is 0 Å². The molecule has 2 nitrogen and oxygen atoms in total. The molecule has 0 aliphatic heterocycles. The lowest BCUT2D eigenvalue weighted by Gasteiger charge is -2.26. The maximum Gasteiger partial charge on any atom is 0.136 e. The van der Waals surface area contributed by atoms with Gasteiger partial charge in [0.1, 0.15) is 11.2 Å². The standard InChI is InChI=1S/C58H37NO/c1-2-11-38(12-3-1)40-21-23-41(24-22-40)42-25-29-46(30-26-42)59(48-31-27-39-13-4-5-14-43(39)35-48)47-16-10-15-44(36-47)45-28-32-50-49-17-6-7-18-51(49)57-52(54(50)37-45)33-34-56-58(57)53-19-8-9-20-55(53)60-56/h1-37H. The van der Waals surface area contributed by atoms with Crippen LogP contribution in [0.1, 0.15) is 0 Å². The Kier molecular flexibility index (Phi) is 7.89. The van der Waals surface area contributed by atoms with Crippen molar-refractivity contribution < 1.29 is 4.42 Å². The number of hydrogen-bond donors (Lipinski definition) is 0. The summed E-state index contributed by atoms with van der Waals surface area (Å²) in [5.74, 6) is 0. The van der Waals surface area contributed by atoms with E-state index in [4.69, 9.17) is 4.42 Å². The number of benzene rings is 11. The van der Waals surface area contributed by atoms with Crippen LogP contribution < -0.4 is 4.90 Å². The summed E-state index contributed by atoms with van der Waals surface area (Å²) in [6.07, 6.45) is 0. The molecule has 1 aromatic heterocycles. The number of furan rings is 1. The van der Waals surface area contributed by atoms with Crippen LogP contribution in [0.5, 0.6) is 0 Å². The maximum atomic E-state index is 6.39. The molecule has 60 heavy (non-hydrogen) atoms. The highest BCUT2D eigenvalue weighted by atomic mass is 16.3. The molecule has 1 heterocycles. The lowest BCUT2D eigenvalue weighted by Crippen LogP contribution is -2.10. The minimum atomic E-state index is 0.915. The number of fused-ring (bicyclic) bond motifs is 11. The van der Waals surface area contributed by atoms with Crippen molar-refractivity contribution in [3.05, 3.63) is 224 Å². The van der Waals surface area contributed by atoms with Gasteiger partial charge in [-0.3, -0.25) is 0 Å². The molecule has 0 saturated carbocycles. The normalized spacial score (nSPS) is 11.7. The predicted molar refractivity (Wildman–Crippen MR) is 255 cm³/mol. The number of nitrogens with zero attached hydrogens (tertiary/aromatic N) is 1. The lowest BCUT2D eigenvalue weighted by atomic mass is 9.90. The van der Waals surface area contributed by atoms with E-state index in [-0.39, 0.29) is 0 Å². The minimum absolute atomic E-state index is 0.915. The van der Waals surface area contributed by atoms with Crippen molar-refractivity contribution in [2.45, 2.75) is 0 Å². The van der Waals surface area contributed by atoms with Crippen molar-refractivity contribution >= 4 is 82.1 Å². The fraction of sp³-hybridized carbons (Fsp3) is 0. The molecule has 280 valence electrons. The molecule has 0 aliphatic carbocycles. The van der Waals surface area contributed by atoms with Crippen molar-refractivity contribution in [1.29, 1.82) is 0 Å².